The fourth-order valence-electron chi connectivity index (χ4n) is 3.68. The van der Waals surface area contributed by atoms with Crippen LogP contribution in [-0.4, -0.2) is 39.7 Å². The Morgan fingerprint density at radius 2 is 1.34 bits per heavy atom. The lowest BCUT2D eigenvalue weighted by atomic mass is 9.91. The van der Waals surface area contributed by atoms with Crippen LogP contribution >= 0.6 is 39.2 Å². The van der Waals surface area contributed by atoms with Crippen molar-refractivity contribution in [1.29, 1.82) is 0 Å². The highest BCUT2D eigenvalue weighted by Crippen LogP contribution is 2.59. The molecule has 0 heterocycles. The molecule has 0 aliphatic heterocycles. The predicted molar refractivity (Wildman–Crippen MR) is 153 cm³/mol. The standard InChI is InChI=1S/C23H42O7P2S2Si/c1-10-16-18(12-3)21(34-15-14-29-35(8,9)23(5,6)7)19(13-4)17(11-2)20(16)30-32(27,28)22(33)31(24,25)26/h10-15H2,1-9H3,(H,27,28)(H2,24,25,26). The Bertz CT molecular complexity index is 983. The van der Waals surface area contributed by atoms with Gasteiger partial charge in [0.2, 0.25) is 4.35 Å². The number of hydrogen-bond donors (Lipinski definition) is 3. The van der Waals surface area contributed by atoms with Crippen LogP contribution in [0.5, 0.6) is 5.75 Å². The van der Waals surface area contributed by atoms with Gasteiger partial charge in [0.15, 0.2) is 8.32 Å². The average Bonchev–Trinajstić information content (AvgIpc) is 2.73. The Kier molecular flexibility index (Phi) is 12.0. The van der Waals surface area contributed by atoms with Gasteiger partial charge < -0.3 is 23.6 Å². The summed E-state index contributed by atoms with van der Waals surface area (Å²) in [5.74, 6) is 1.01. The average molecular weight is 585 g/mol. The third kappa shape index (κ3) is 7.98. The molecule has 1 unspecified atom stereocenters. The number of thiocarbonyl (C=S) groups is 1. The Morgan fingerprint density at radius 1 is 0.914 bits per heavy atom. The fraction of sp³-hybridized carbons (Fsp3) is 0.696. The molecule has 0 amide bonds. The first kappa shape index (κ1) is 33.0. The van der Waals surface area contributed by atoms with Gasteiger partial charge in [0.25, 0.3) is 0 Å². The summed E-state index contributed by atoms with van der Waals surface area (Å²) in [5, 5.41) is 0.135. The second kappa shape index (κ2) is 12.7. The maximum atomic E-state index is 12.8. The van der Waals surface area contributed by atoms with Crippen molar-refractivity contribution in [2.75, 3.05) is 12.4 Å². The van der Waals surface area contributed by atoms with Gasteiger partial charge >= 0.3 is 15.2 Å². The van der Waals surface area contributed by atoms with E-state index in [2.05, 4.69) is 46.1 Å². The van der Waals surface area contributed by atoms with Crippen LogP contribution in [0.15, 0.2) is 4.90 Å². The Balaban J connectivity index is 3.51. The smallest absolute Gasteiger partial charge is 0.420 e. The van der Waals surface area contributed by atoms with E-state index in [0.717, 1.165) is 32.9 Å². The maximum Gasteiger partial charge on any atom is 0.427 e. The van der Waals surface area contributed by atoms with Crippen molar-refractivity contribution in [3.05, 3.63) is 22.3 Å². The molecule has 7 nitrogen and oxygen atoms in total. The third-order valence-corrected chi connectivity index (χ3v) is 16.6. The molecule has 1 aromatic carbocycles. The van der Waals surface area contributed by atoms with Crippen molar-refractivity contribution in [2.45, 2.75) is 97.2 Å². The second-order valence-corrected chi connectivity index (χ2v) is 20.4. The Labute approximate surface area is 221 Å². The number of thioether (sulfide) groups is 1. The third-order valence-electron chi connectivity index (χ3n) is 6.54. The van der Waals surface area contributed by atoms with Crippen LogP contribution in [0.2, 0.25) is 18.1 Å². The van der Waals surface area contributed by atoms with Crippen LogP contribution < -0.4 is 4.52 Å². The van der Waals surface area contributed by atoms with Crippen LogP contribution in [0.25, 0.3) is 0 Å². The van der Waals surface area contributed by atoms with Crippen molar-refractivity contribution in [3.63, 3.8) is 0 Å². The van der Waals surface area contributed by atoms with E-state index in [4.69, 9.17) is 8.95 Å². The summed E-state index contributed by atoms with van der Waals surface area (Å²) in [4.78, 5) is 30.3. The van der Waals surface area contributed by atoms with Crippen molar-refractivity contribution >= 4 is 51.8 Å². The van der Waals surface area contributed by atoms with E-state index in [1.165, 1.54) is 0 Å². The first-order valence-corrected chi connectivity index (χ1v) is 19.5. The highest BCUT2D eigenvalue weighted by atomic mass is 32.2. The molecule has 0 radical (unpaired) electrons. The molecule has 1 aromatic rings. The summed E-state index contributed by atoms with van der Waals surface area (Å²) in [5.41, 5.74) is 3.60. The molecule has 0 aliphatic rings. The van der Waals surface area contributed by atoms with Crippen LogP contribution in [0.1, 0.15) is 70.7 Å². The number of hydrogen-bond acceptors (Lipinski definition) is 6. The van der Waals surface area contributed by atoms with E-state index >= 15 is 0 Å². The zero-order chi connectivity index (χ0) is 27.4. The molecule has 0 aromatic heterocycles. The van der Waals surface area contributed by atoms with Gasteiger partial charge in [-0.25, -0.2) is 4.57 Å². The summed E-state index contributed by atoms with van der Waals surface area (Å²) < 4.78 is 35.0. The normalized spacial score (nSPS) is 14.6. The lowest BCUT2D eigenvalue weighted by molar-refractivity contribution is 0.311. The van der Waals surface area contributed by atoms with E-state index < -0.39 is 27.9 Å². The van der Waals surface area contributed by atoms with Gasteiger partial charge in [0.1, 0.15) is 5.75 Å². The van der Waals surface area contributed by atoms with Gasteiger partial charge in [0, 0.05) is 17.3 Å². The summed E-state index contributed by atoms with van der Waals surface area (Å²) in [6.45, 7) is 19.7. The maximum absolute atomic E-state index is 12.8. The second-order valence-electron chi connectivity index (χ2n) is 9.88. The molecule has 202 valence electrons. The predicted octanol–water partition coefficient (Wildman–Crippen LogP) is 7.08. The summed E-state index contributed by atoms with van der Waals surface area (Å²) in [6, 6.07) is 0. The quantitative estimate of drug-likeness (QED) is 0.0736. The molecule has 3 N–H and O–H groups in total. The molecule has 0 saturated carbocycles. The highest BCUT2D eigenvalue weighted by Gasteiger charge is 2.42. The topological polar surface area (TPSA) is 113 Å². The monoisotopic (exact) mass is 584 g/mol. The molecule has 0 aliphatic carbocycles. The summed E-state index contributed by atoms with van der Waals surface area (Å²) in [7, 11) is -11.8. The lowest BCUT2D eigenvalue weighted by Gasteiger charge is -2.36. The molecule has 12 heteroatoms. The molecule has 1 rings (SSSR count). The van der Waals surface area contributed by atoms with Crippen molar-refractivity contribution in [1.82, 2.24) is 0 Å². The van der Waals surface area contributed by atoms with Crippen LogP contribution in [0, 0.1) is 0 Å². The van der Waals surface area contributed by atoms with Gasteiger partial charge in [-0.3, -0.25) is 4.57 Å². The van der Waals surface area contributed by atoms with Crippen molar-refractivity contribution in [3.8, 4) is 5.75 Å². The number of rotatable bonds is 13. The van der Waals surface area contributed by atoms with Gasteiger partial charge in [0.05, 0.1) is 0 Å². The molecule has 1 atom stereocenters. The highest BCUT2D eigenvalue weighted by molar-refractivity contribution is 8.16. The molecular formula is C23H42O7P2S2Si. The van der Waals surface area contributed by atoms with Gasteiger partial charge in [-0.05, 0) is 66.1 Å². The minimum Gasteiger partial charge on any atom is -0.420 e. The summed E-state index contributed by atoms with van der Waals surface area (Å²) in [6.07, 6.45) is 2.43. The molecule has 0 saturated heterocycles. The lowest BCUT2D eigenvalue weighted by Crippen LogP contribution is -2.41. The Hall–Kier alpha value is -0.0231. The van der Waals surface area contributed by atoms with Gasteiger partial charge in [-0.1, -0.05) is 60.7 Å². The minimum atomic E-state index is -5.08. The molecular weight excluding hydrogens is 542 g/mol. The van der Waals surface area contributed by atoms with Crippen LogP contribution in [0.3, 0.4) is 0 Å². The zero-order valence-electron chi connectivity index (χ0n) is 22.4. The van der Waals surface area contributed by atoms with Crippen molar-refractivity contribution < 1.29 is 32.8 Å². The molecule has 0 spiro atoms. The minimum absolute atomic E-state index is 0.135. The van der Waals surface area contributed by atoms with E-state index in [1.54, 1.807) is 11.8 Å². The summed E-state index contributed by atoms with van der Waals surface area (Å²) >= 11 is 6.37. The zero-order valence-corrected chi connectivity index (χ0v) is 26.9. The Morgan fingerprint density at radius 3 is 1.69 bits per heavy atom. The first-order valence-electron chi connectivity index (χ1n) is 12.0. The van der Waals surface area contributed by atoms with E-state index in [9.17, 15) is 23.8 Å². The van der Waals surface area contributed by atoms with E-state index in [0.29, 0.717) is 32.3 Å². The van der Waals surface area contributed by atoms with Gasteiger partial charge in [-0.2, -0.15) is 0 Å². The van der Waals surface area contributed by atoms with E-state index in [-0.39, 0.29) is 10.8 Å². The molecule has 0 fully saturated rings. The van der Waals surface area contributed by atoms with Crippen molar-refractivity contribution in [2.24, 2.45) is 0 Å². The van der Waals surface area contributed by atoms with Gasteiger partial charge in [-0.15, -0.1) is 11.8 Å². The van der Waals surface area contributed by atoms with E-state index in [1.807, 2.05) is 27.7 Å². The molecule has 0 bridgehead atoms. The van der Waals surface area contributed by atoms with Crippen LogP contribution in [-0.2, 0) is 39.2 Å². The molecule has 35 heavy (non-hydrogen) atoms. The fourth-order valence-corrected chi connectivity index (χ4v) is 8.22. The first-order chi connectivity index (χ1) is 15.9. The SMILES string of the molecule is CCc1c(CC)c(SCCO[Si](C)(C)C(C)(C)C)c(CC)c(CC)c1OP(=O)(O)C(=S)P(=O)(O)O. The largest absolute Gasteiger partial charge is 0.427 e. The van der Waals surface area contributed by atoms with Crippen LogP contribution in [0.4, 0.5) is 0 Å². The number of benzene rings is 1.